The van der Waals surface area contributed by atoms with E-state index in [4.69, 9.17) is 0 Å². The van der Waals surface area contributed by atoms with Gasteiger partial charge in [-0.1, -0.05) is 12.1 Å². The molecule has 1 amide bonds. The SMILES string of the molecule is Cc1nc(Nc2ccccc2F)cc(C(=O)NC2CC2)n1. The Morgan fingerprint density at radius 1 is 1.29 bits per heavy atom. The van der Waals surface area contributed by atoms with Crippen LogP contribution in [0.3, 0.4) is 0 Å². The van der Waals surface area contributed by atoms with Crippen molar-refractivity contribution in [1.82, 2.24) is 15.3 Å². The molecule has 5 nitrogen and oxygen atoms in total. The zero-order valence-electron chi connectivity index (χ0n) is 11.6. The molecule has 21 heavy (non-hydrogen) atoms. The molecule has 1 aliphatic carbocycles. The number of carbonyl (C=O) groups is 1. The van der Waals surface area contributed by atoms with Crippen LogP contribution >= 0.6 is 0 Å². The molecule has 1 aliphatic rings. The van der Waals surface area contributed by atoms with Gasteiger partial charge in [-0.2, -0.15) is 0 Å². The van der Waals surface area contributed by atoms with Gasteiger partial charge in [0.1, 0.15) is 23.2 Å². The number of aromatic nitrogens is 2. The lowest BCUT2D eigenvalue weighted by Gasteiger charge is -2.09. The minimum Gasteiger partial charge on any atom is -0.348 e. The Hall–Kier alpha value is -2.50. The van der Waals surface area contributed by atoms with Gasteiger partial charge >= 0.3 is 0 Å². The summed E-state index contributed by atoms with van der Waals surface area (Å²) in [6.45, 7) is 1.69. The fourth-order valence-electron chi connectivity index (χ4n) is 1.94. The highest BCUT2D eigenvalue weighted by Crippen LogP contribution is 2.21. The summed E-state index contributed by atoms with van der Waals surface area (Å²) < 4.78 is 13.6. The van der Waals surface area contributed by atoms with Crippen LogP contribution in [0.15, 0.2) is 30.3 Å². The second-order valence-corrected chi connectivity index (χ2v) is 5.04. The molecule has 0 bridgehead atoms. The monoisotopic (exact) mass is 286 g/mol. The molecule has 2 N–H and O–H groups in total. The smallest absolute Gasteiger partial charge is 0.270 e. The third kappa shape index (κ3) is 3.34. The van der Waals surface area contributed by atoms with E-state index in [1.807, 2.05) is 0 Å². The third-order valence-electron chi connectivity index (χ3n) is 3.12. The van der Waals surface area contributed by atoms with Crippen LogP contribution < -0.4 is 10.6 Å². The van der Waals surface area contributed by atoms with Gasteiger partial charge in [-0.15, -0.1) is 0 Å². The van der Waals surface area contributed by atoms with E-state index in [0.717, 1.165) is 12.8 Å². The molecule has 0 saturated heterocycles. The fourth-order valence-corrected chi connectivity index (χ4v) is 1.94. The average molecular weight is 286 g/mol. The summed E-state index contributed by atoms with van der Waals surface area (Å²) in [6, 6.07) is 8.08. The van der Waals surface area contributed by atoms with Crippen molar-refractivity contribution in [2.75, 3.05) is 5.32 Å². The molecule has 108 valence electrons. The summed E-state index contributed by atoms with van der Waals surface area (Å²) in [5.41, 5.74) is 0.595. The molecule has 6 heteroatoms. The molecule has 0 aliphatic heterocycles. The molecule has 2 aromatic rings. The molecule has 0 spiro atoms. The van der Waals surface area contributed by atoms with Crippen LogP contribution in [0.25, 0.3) is 0 Å². The molecule has 1 aromatic heterocycles. The van der Waals surface area contributed by atoms with Crippen molar-refractivity contribution in [1.29, 1.82) is 0 Å². The maximum absolute atomic E-state index is 13.6. The summed E-state index contributed by atoms with van der Waals surface area (Å²) in [5.74, 6) is 0.253. The van der Waals surface area contributed by atoms with E-state index < -0.39 is 0 Å². The van der Waals surface area contributed by atoms with Crippen molar-refractivity contribution in [2.45, 2.75) is 25.8 Å². The Labute approximate surface area is 121 Å². The molecule has 0 radical (unpaired) electrons. The van der Waals surface area contributed by atoms with Crippen LogP contribution in [-0.2, 0) is 0 Å². The number of para-hydroxylation sites is 1. The number of anilines is 2. The van der Waals surface area contributed by atoms with Crippen molar-refractivity contribution in [3.8, 4) is 0 Å². The first kappa shape index (κ1) is 13.5. The maximum Gasteiger partial charge on any atom is 0.270 e. The molecule has 0 atom stereocenters. The minimum absolute atomic E-state index is 0.223. The van der Waals surface area contributed by atoms with Crippen molar-refractivity contribution in [3.05, 3.63) is 47.7 Å². The number of halogens is 1. The topological polar surface area (TPSA) is 66.9 Å². The zero-order chi connectivity index (χ0) is 14.8. The molecule has 1 saturated carbocycles. The van der Waals surface area contributed by atoms with Crippen molar-refractivity contribution >= 4 is 17.4 Å². The molecule has 1 fully saturated rings. The van der Waals surface area contributed by atoms with E-state index in [9.17, 15) is 9.18 Å². The number of aryl methyl sites for hydroxylation is 1. The van der Waals surface area contributed by atoms with E-state index in [0.29, 0.717) is 17.3 Å². The zero-order valence-corrected chi connectivity index (χ0v) is 11.6. The maximum atomic E-state index is 13.6. The molecule has 3 rings (SSSR count). The molecule has 0 unspecified atom stereocenters. The summed E-state index contributed by atoms with van der Waals surface area (Å²) in [5, 5.41) is 5.74. The van der Waals surface area contributed by atoms with Crippen LogP contribution in [0.4, 0.5) is 15.9 Å². The standard InChI is InChI=1S/C15H15FN4O/c1-9-17-13(15(21)19-10-6-7-10)8-14(18-9)20-12-5-3-2-4-11(12)16/h2-5,8,10H,6-7H2,1H3,(H,19,21)(H,17,18,20). The van der Waals surface area contributed by atoms with Gasteiger partial charge in [0.25, 0.3) is 5.91 Å². The van der Waals surface area contributed by atoms with E-state index in [1.165, 1.54) is 12.1 Å². The Morgan fingerprint density at radius 2 is 2.05 bits per heavy atom. The molecule has 1 aromatic carbocycles. The number of rotatable bonds is 4. The second-order valence-electron chi connectivity index (χ2n) is 5.04. The summed E-state index contributed by atoms with van der Waals surface area (Å²) >= 11 is 0. The van der Waals surface area contributed by atoms with Gasteiger partial charge in [-0.25, -0.2) is 14.4 Å². The summed E-state index contributed by atoms with van der Waals surface area (Å²) in [6.07, 6.45) is 2.02. The van der Waals surface area contributed by atoms with Crippen LogP contribution in [0, 0.1) is 12.7 Å². The summed E-state index contributed by atoms with van der Waals surface area (Å²) in [7, 11) is 0. The number of hydrogen-bond acceptors (Lipinski definition) is 4. The second kappa shape index (κ2) is 5.47. The lowest BCUT2D eigenvalue weighted by molar-refractivity contribution is 0.0945. The number of benzene rings is 1. The number of hydrogen-bond donors (Lipinski definition) is 2. The van der Waals surface area contributed by atoms with Crippen LogP contribution in [0.5, 0.6) is 0 Å². The largest absolute Gasteiger partial charge is 0.348 e. The normalized spacial score (nSPS) is 13.8. The van der Waals surface area contributed by atoms with Gasteiger partial charge in [-0.05, 0) is 31.9 Å². The lowest BCUT2D eigenvalue weighted by atomic mass is 10.3. The van der Waals surface area contributed by atoms with Crippen molar-refractivity contribution in [2.24, 2.45) is 0 Å². The highest BCUT2D eigenvalue weighted by molar-refractivity contribution is 5.93. The quantitative estimate of drug-likeness (QED) is 0.906. The van der Waals surface area contributed by atoms with Crippen molar-refractivity contribution in [3.63, 3.8) is 0 Å². The number of amides is 1. The molecular weight excluding hydrogens is 271 g/mol. The van der Waals surface area contributed by atoms with Crippen LogP contribution in [-0.4, -0.2) is 21.9 Å². The summed E-state index contributed by atoms with van der Waals surface area (Å²) in [4.78, 5) is 20.3. The first-order valence-electron chi connectivity index (χ1n) is 6.80. The average Bonchev–Trinajstić information content (AvgIpc) is 3.25. The Morgan fingerprint density at radius 3 is 2.76 bits per heavy atom. The van der Waals surface area contributed by atoms with E-state index in [1.54, 1.807) is 25.1 Å². The highest BCUT2D eigenvalue weighted by Gasteiger charge is 2.24. The highest BCUT2D eigenvalue weighted by atomic mass is 19.1. The molecule has 1 heterocycles. The first-order chi connectivity index (χ1) is 10.1. The Balaban J connectivity index is 1.83. The van der Waals surface area contributed by atoms with Gasteiger partial charge < -0.3 is 10.6 Å². The predicted octanol–water partition coefficient (Wildman–Crippen LogP) is 2.56. The first-order valence-corrected chi connectivity index (χ1v) is 6.80. The van der Waals surface area contributed by atoms with Gasteiger partial charge in [0.05, 0.1) is 5.69 Å². The van der Waals surface area contributed by atoms with Crippen LogP contribution in [0.1, 0.15) is 29.2 Å². The van der Waals surface area contributed by atoms with Gasteiger partial charge in [-0.3, -0.25) is 4.79 Å². The van der Waals surface area contributed by atoms with Crippen LogP contribution in [0.2, 0.25) is 0 Å². The predicted molar refractivity (Wildman–Crippen MR) is 76.9 cm³/mol. The Bertz CT molecular complexity index is 685. The van der Waals surface area contributed by atoms with Gasteiger partial charge in [0.2, 0.25) is 0 Å². The van der Waals surface area contributed by atoms with Gasteiger partial charge in [0.15, 0.2) is 0 Å². The van der Waals surface area contributed by atoms with E-state index in [2.05, 4.69) is 20.6 Å². The molecular formula is C15H15FN4O. The number of carbonyl (C=O) groups excluding carboxylic acids is 1. The van der Waals surface area contributed by atoms with Gasteiger partial charge in [0, 0.05) is 12.1 Å². The van der Waals surface area contributed by atoms with E-state index in [-0.39, 0.29) is 23.5 Å². The lowest BCUT2D eigenvalue weighted by Crippen LogP contribution is -2.26. The Kier molecular flexibility index (Phi) is 3.51. The minimum atomic E-state index is -0.377. The third-order valence-corrected chi connectivity index (χ3v) is 3.12. The number of nitrogens with one attached hydrogen (secondary N) is 2. The number of nitrogens with zero attached hydrogens (tertiary/aromatic N) is 2. The van der Waals surface area contributed by atoms with Crippen molar-refractivity contribution < 1.29 is 9.18 Å². The fraction of sp³-hybridized carbons (Fsp3) is 0.267. The van der Waals surface area contributed by atoms with E-state index >= 15 is 0 Å².